The van der Waals surface area contributed by atoms with Crippen LogP contribution in [-0.4, -0.2) is 46.1 Å². The first-order chi connectivity index (χ1) is 12.4. The van der Waals surface area contributed by atoms with Gasteiger partial charge in [0.05, 0.1) is 11.1 Å². The number of fused-ring (bicyclic) bond motifs is 2. The molecule has 0 radical (unpaired) electrons. The van der Waals surface area contributed by atoms with Crippen LogP contribution in [0.1, 0.15) is 56.2 Å². The predicted octanol–water partition coefficient (Wildman–Crippen LogP) is 3.00. The molecule has 6 nitrogen and oxygen atoms in total. The Labute approximate surface area is 154 Å². The van der Waals surface area contributed by atoms with Crippen molar-refractivity contribution in [3.05, 3.63) is 35.7 Å². The monoisotopic (exact) mass is 354 g/mol. The number of hydrogen-bond acceptors (Lipinski definition) is 5. The number of aromatic nitrogens is 2. The zero-order valence-corrected chi connectivity index (χ0v) is 15.7. The summed E-state index contributed by atoms with van der Waals surface area (Å²) in [5, 5.41) is 7.56. The molecule has 1 N–H and O–H groups in total. The molecule has 3 heterocycles. The Balaban J connectivity index is 1.70. The Morgan fingerprint density at radius 3 is 2.73 bits per heavy atom. The standard InChI is InChI=1S/C20H26N4O2/c1-20(2,3)19-22-17(26-23-19)15-6-4-5-7-16(15)18(25)24-13-8-9-14(24)12-21-11-10-13/h4-7,13-14,21H,8-12H2,1-3H3. The van der Waals surface area contributed by atoms with Crippen molar-refractivity contribution in [2.45, 2.75) is 57.5 Å². The van der Waals surface area contributed by atoms with E-state index >= 15 is 0 Å². The van der Waals surface area contributed by atoms with Gasteiger partial charge in [-0.15, -0.1) is 0 Å². The van der Waals surface area contributed by atoms with Crippen LogP contribution in [0.5, 0.6) is 0 Å². The first kappa shape index (κ1) is 17.2. The van der Waals surface area contributed by atoms with Crippen LogP contribution in [0.4, 0.5) is 0 Å². The van der Waals surface area contributed by atoms with Crippen LogP contribution in [0, 0.1) is 0 Å². The fraction of sp³-hybridized carbons (Fsp3) is 0.550. The number of rotatable bonds is 2. The molecule has 2 aromatic rings. The van der Waals surface area contributed by atoms with Crippen LogP contribution in [0.15, 0.2) is 28.8 Å². The van der Waals surface area contributed by atoms with E-state index in [1.54, 1.807) is 0 Å². The molecule has 1 amide bonds. The number of amides is 1. The topological polar surface area (TPSA) is 71.3 Å². The van der Waals surface area contributed by atoms with Gasteiger partial charge in [-0.1, -0.05) is 38.1 Å². The van der Waals surface area contributed by atoms with Gasteiger partial charge in [0, 0.05) is 24.0 Å². The molecule has 1 aromatic carbocycles. The highest BCUT2D eigenvalue weighted by atomic mass is 16.5. The molecular weight excluding hydrogens is 328 g/mol. The number of nitrogens with zero attached hydrogens (tertiary/aromatic N) is 3. The van der Waals surface area contributed by atoms with Crippen molar-refractivity contribution in [2.24, 2.45) is 0 Å². The summed E-state index contributed by atoms with van der Waals surface area (Å²) in [6.07, 6.45) is 3.18. The summed E-state index contributed by atoms with van der Waals surface area (Å²) < 4.78 is 5.51. The van der Waals surface area contributed by atoms with E-state index in [1.165, 1.54) is 0 Å². The summed E-state index contributed by atoms with van der Waals surface area (Å²) in [5.41, 5.74) is 1.17. The molecule has 0 spiro atoms. The summed E-state index contributed by atoms with van der Waals surface area (Å²) in [6.45, 7) is 7.98. The van der Waals surface area contributed by atoms with E-state index < -0.39 is 0 Å². The zero-order valence-electron chi connectivity index (χ0n) is 15.7. The molecule has 0 aliphatic carbocycles. The highest BCUT2D eigenvalue weighted by Crippen LogP contribution is 2.32. The van der Waals surface area contributed by atoms with E-state index in [2.05, 4.69) is 20.4 Å². The van der Waals surface area contributed by atoms with Gasteiger partial charge in [0.15, 0.2) is 5.82 Å². The minimum Gasteiger partial charge on any atom is -0.334 e. The second kappa shape index (κ2) is 6.50. The third-order valence-electron chi connectivity index (χ3n) is 5.37. The maximum Gasteiger partial charge on any atom is 0.258 e. The lowest BCUT2D eigenvalue weighted by atomic mass is 9.96. The Bertz CT molecular complexity index is 794. The quantitative estimate of drug-likeness (QED) is 0.898. The highest BCUT2D eigenvalue weighted by Gasteiger charge is 2.39. The fourth-order valence-corrected chi connectivity index (χ4v) is 3.95. The van der Waals surface area contributed by atoms with Gasteiger partial charge in [-0.05, 0) is 37.9 Å². The minimum absolute atomic E-state index is 0.0762. The van der Waals surface area contributed by atoms with Crippen molar-refractivity contribution in [1.82, 2.24) is 20.4 Å². The SMILES string of the molecule is CC(C)(C)c1noc(-c2ccccc2C(=O)N2C3CCNCC2CC3)n1. The van der Waals surface area contributed by atoms with Gasteiger partial charge in [-0.25, -0.2) is 0 Å². The first-order valence-corrected chi connectivity index (χ1v) is 9.42. The van der Waals surface area contributed by atoms with Crippen LogP contribution in [0.25, 0.3) is 11.5 Å². The zero-order chi connectivity index (χ0) is 18.3. The van der Waals surface area contributed by atoms with Gasteiger partial charge in [0.25, 0.3) is 11.8 Å². The summed E-state index contributed by atoms with van der Waals surface area (Å²) in [4.78, 5) is 20.1. The smallest absolute Gasteiger partial charge is 0.258 e. The van der Waals surface area contributed by atoms with E-state index in [-0.39, 0.29) is 17.4 Å². The average molecular weight is 354 g/mol. The van der Waals surface area contributed by atoms with E-state index in [9.17, 15) is 4.79 Å². The van der Waals surface area contributed by atoms with Crippen molar-refractivity contribution < 1.29 is 9.32 Å². The van der Waals surface area contributed by atoms with E-state index in [1.807, 2.05) is 45.0 Å². The predicted molar refractivity (Wildman–Crippen MR) is 98.9 cm³/mol. The van der Waals surface area contributed by atoms with Crippen molar-refractivity contribution in [2.75, 3.05) is 13.1 Å². The molecule has 2 bridgehead atoms. The Morgan fingerprint density at radius 1 is 1.19 bits per heavy atom. The molecule has 4 rings (SSSR count). The average Bonchev–Trinajstić information content (AvgIpc) is 3.18. The molecule has 2 saturated heterocycles. The van der Waals surface area contributed by atoms with E-state index in [0.717, 1.165) is 37.9 Å². The molecule has 6 heteroatoms. The second-order valence-corrected chi connectivity index (χ2v) is 8.31. The van der Waals surface area contributed by atoms with Gasteiger partial charge in [-0.3, -0.25) is 4.79 Å². The fourth-order valence-electron chi connectivity index (χ4n) is 3.95. The molecule has 26 heavy (non-hydrogen) atoms. The summed E-state index contributed by atoms with van der Waals surface area (Å²) in [5.74, 6) is 1.14. The third kappa shape index (κ3) is 3.03. The normalized spacial score (nSPS) is 23.1. The summed E-state index contributed by atoms with van der Waals surface area (Å²) >= 11 is 0. The lowest BCUT2D eigenvalue weighted by molar-refractivity contribution is 0.0681. The van der Waals surface area contributed by atoms with Crippen molar-refractivity contribution >= 4 is 5.91 Å². The van der Waals surface area contributed by atoms with Crippen LogP contribution < -0.4 is 5.32 Å². The number of benzene rings is 1. The molecule has 2 unspecified atom stereocenters. The van der Waals surface area contributed by atoms with Crippen molar-refractivity contribution in [1.29, 1.82) is 0 Å². The van der Waals surface area contributed by atoms with Gasteiger partial charge in [0.2, 0.25) is 0 Å². The number of carbonyl (C=O) groups excluding carboxylic acids is 1. The number of hydrogen-bond donors (Lipinski definition) is 1. The molecule has 1 aromatic heterocycles. The van der Waals surface area contributed by atoms with Gasteiger partial charge in [0.1, 0.15) is 0 Å². The summed E-state index contributed by atoms with van der Waals surface area (Å²) in [7, 11) is 0. The van der Waals surface area contributed by atoms with Crippen molar-refractivity contribution in [3.63, 3.8) is 0 Å². The largest absolute Gasteiger partial charge is 0.334 e. The first-order valence-electron chi connectivity index (χ1n) is 9.42. The Kier molecular flexibility index (Phi) is 4.31. The van der Waals surface area contributed by atoms with Gasteiger partial charge in [-0.2, -0.15) is 4.98 Å². The second-order valence-electron chi connectivity index (χ2n) is 8.31. The molecule has 2 aliphatic rings. The van der Waals surface area contributed by atoms with Crippen molar-refractivity contribution in [3.8, 4) is 11.5 Å². The number of carbonyl (C=O) groups is 1. The lowest BCUT2D eigenvalue weighted by Crippen LogP contribution is -2.42. The maximum absolute atomic E-state index is 13.4. The van der Waals surface area contributed by atoms with Crippen LogP contribution >= 0.6 is 0 Å². The number of nitrogens with one attached hydrogen (secondary N) is 1. The van der Waals surface area contributed by atoms with E-state index in [4.69, 9.17) is 4.52 Å². The Hall–Kier alpha value is -2.21. The Morgan fingerprint density at radius 2 is 1.96 bits per heavy atom. The molecule has 2 aliphatic heterocycles. The third-order valence-corrected chi connectivity index (χ3v) is 5.37. The summed E-state index contributed by atoms with van der Waals surface area (Å²) in [6, 6.07) is 8.17. The van der Waals surface area contributed by atoms with Gasteiger partial charge >= 0.3 is 0 Å². The molecule has 2 atom stereocenters. The van der Waals surface area contributed by atoms with Gasteiger partial charge < -0.3 is 14.7 Å². The van der Waals surface area contributed by atoms with Crippen LogP contribution in [0.2, 0.25) is 0 Å². The van der Waals surface area contributed by atoms with Crippen LogP contribution in [0.3, 0.4) is 0 Å². The highest BCUT2D eigenvalue weighted by molar-refractivity contribution is 6.00. The lowest BCUT2D eigenvalue weighted by Gasteiger charge is -2.28. The minimum atomic E-state index is -0.198. The molecule has 0 saturated carbocycles. The van der Waals surface area contributed by atoms with E-state index in [0.29, 0.717) is 23.3 Å². The molecule has 2 fully saturated rings. The van der Waals surface area contributed by atoms with Crippen LogP contribution in [-0.2, 0) is 5.41 Å². The molecular formula is C20H26N4O2. The maximum atomic E-state index is 13.4. The molecule has 138 valence electrons.